The average Bonchev–Trinajstić information content (AvgIpc) is 2.53. The van der Waals surface area contributed by atoms with E-state index in [9.17, 15) is 4.79 Å². The molecule has 116 valence electrons. The third-order valence-electron chi connectivity index (χ3n) is 4.01. The van der Waals surface area contributed by atoms with Crippen LogP contribution in [0.1, 0.15) is 18.9 Å². The molecule has 1 aliphatic heterocycles. The first-order valence-corrected chi connectivity index (χ1v) is 7.31. The number of morpholine rings is 1. The molecule has 2 rings (SSSR count). The Morgan fingerprint density at radius 2 is 2.19 bits per heavy atom. The van der Waals surface area contributed by atoms with Crippen molar-refractivity contribution in [3.63, 3.8) is 0 Å². The standard InChI is InChI=1S/C16H23NO4/c1-12(17-9-10-21-15(11-17)16(18)19)3-4-13-5-7-14(20-2)8-6-13/h5-8,12,15H,3-4,9-11H2,1-2H3,(H,18,19). The molecule has 0 radical (unpaired) electrons. The molecule has 0 aromatic heterocycles. The Morgan fingerprint density at radius 3 is 2.81 bits per heavy atom. The lowest BCUT2D eigenvalue weighted by atomic mass is 10.0. The third kappa shape index (κ3) is 4.44. The number of carboxylic acids is 1. The summed E-state index contributed by atoms with van der Waals surface area (Å²) in [5, 5.41) is 9.03. The van der Waals surface area contributed by atoms with Gasteiger partial charge in [-0.2, -0.15) is 0 Å². The second kappa shape index (κ2) is 7.43. The molecule has 5 heteroatoms. The number of rotatable bonds is 6. The SMILES string of the molecule is COc1ccc(CCC(C)N2CCOC(C(=O)O)C2)cc1. The molecule has 1 aromatic carbocycles. The zero-order valence-corrected chi connectivity index (χ0v) is 12.6. The van der Waals surface area contributed by atoms with Crippen LogP contribution in [0.25, 0.3) is 0 Å². The summed E-state index contributed by atoms with van der Waals surface area (Å²) < 4.78 is 10.4. The molecule has 0 aliphatic carbocycles. The minimum Gasteiger partial charge on any atom is -0.497 e. The van der Waals surface area contributed by atoms with Gasteiger partial charge in [-0.15, -0.1) is 0 Å². The molecule has 1 saturated heterocycles. The lowest BCUT2D eigenvalue weighted by molar-refractivity contribution is -0.157. The van der Waals surface area contributed by atoms with Crippen molar-refractivity contribution in [2.24, 2.45) is 0 Å². The number of ether oxygens (including phenoxy) is 2. The van der Waals surface area contributed by atoms with Gasteiger partial charge in [-0.25, -0.2) is 4.79 Å². The van der Waals surface area contributed by atoms with E-state index >= 15 is 0 Å². The first kappa shape index (κ1) is 15.8. The van der Waals surface area contributed by atoms with Crippen LogP contribution < -0.4 is 4.74 Å². The fourth-order valence-electron chi connectivity index (χ4n) is 2.57. The van der Waals surface area contributed by atoms with E-state index in [2.05, 4.69) is 24.0 Å². The summed E-state index contributed by atoms with van der Waals surface area (Å²) in [6, 6.07) is 8.43. The highest BCUT2D eigenvalue weighted by atomic mass is 16.5. The Kier molecular flexibility index (Phi) is 5.59. The molecule has 0 bridgehead atoms. The number of benzene rings is 1. The van der Waals surface area contributed by atoms with Crippen LogP contribution in [0.4, 0.5) is 0 Å². The highest BCUT2D eigenvalue weighted by Crippen LogP contribution is 2.16. The van der Waals surface area contributed by atoms with Gasteiger partial charge in [0.2, 0.25) is 0 Å². The van der Waals surface area contributed by atoms with E-state index in [1.165, 1.54) is 5.56 Å². The van der Waals surface area contributed by atoms with Crippen molar-refractivity contribution in [3.8, 4) is 5.75 Å². The minimum absolute atomic E-state index is 0.345. The fourth-order valence-corrected chi connectivity index (χ4v) is 2.57. The smallest absolute Gasteiger partial charge is 0.334 e. The topological polar surface area (TPSA) is 59.0 Å². The number of carbonyl (C=O) groups is 1. The molecule has 1 aromatic rings. The van der Waals surface area contributed by atoms with Crippen LogP contribution in [0.2, 0.25) is 0 Å². The van der Waals surface area contributed by atoms with Gasteiger partial charge in [0.05, 0.1) is 13.7 Å². The van der Waals surface area contributed by atoms with Crippen molar-refractivity contribution in [1.29, 1.82) is 0 Å². The largest absolute Gasteiger partial charge is 0.497 e. The van der Waals surface area contributed by atoms with Crippen molar-refractivity contribution in [3.05, 3.63) is 29.8 Å². The highest BCUT2D eigenvalue weighted by Gasteiger charge is 2.28. The van der Waals surface area contributed by atoms with Crippen LogP contribution in [0.3, 0.4) is 0 Å². The van der Waals surface area contributed by atoms with E-state index in [0.717, 1.165) is 25.1 Å². The molecule has 1 aliphatic rings. The summed E-state index contributed by atoms with van der Waals surface area (Å²) in [6.45, 7) is 3.91. The number of nitrogens with zero attached hydrogens (tertiary/aromatic N) is 1. The van der Waals surface area contributed by atoms with Crippen LogP contribution in [-0.4, -0.2) is 54.9 Å². The van der Waals surface area contributed by atoms with E-state index in [-0.39, 0.29) is 0 Å². The number of carboxylic acid groups (broad SMARTS) is 1. The predicted octanol–water partition coefficient (Wildman–Crippen LogP) is 1.80. The zero-order valence-electron chi connectivity index (χ0n) is 12.6. The average molecular weight is 293 g/mol. The molecular formula is C16H23NO4. The Hall–Kier alpha value is -1.59. The fraction of sp³-hybridized carbons (Fsp3) is 0.562. The summed E-state index contributed by atoms with van der Waals surface area (Å²) in [5.41, 5.74) is 1.27. The molecule has 1 N–H and O–H groups in total. The number of aliphatic carboxylic acids is 1. The Labute approximate surface area is 125 Å². The second-order valence-corrected chi connectivity index (χ2v) is 5.43. The molecule has 1 heterocycles. The van der Waals surface area contributed by atoms with Crippen LogP contribution in [-0.2, 0) is 16.0 Å². The second-order valence-electron chi connectivity index (χ2n) is 5.43. The van der Waals surface area contributed by atoms with E-state index in [1.54, 1.807) is 7.11 Å². The summed E-state index contributed by atoms with van der Waals surface area (Å²) in [7, 11) is 1.66. The summed E-state index contributed by atoms with van der Waals surface area (Å²) in [5.74, 6) is -0.00803. The molecule has 2 atom stereocenters. The van der Waals surface area contributed by atoms with Crippen molar-refractivity contribution < 1.29 is 19.4 Å². The van der Waals surface area contributed by atoms with E-state index in [4.69, 9.17) is 14.6 Å². The Bertz CT molecular complexity index is 460. The molecule has 0 saturated carbocycles. The number of hydrogen-bond acceptors (Lipinski definition) is 4. The summed E-state index contributed by atoms with van der Waals surface area (Å²) in [4.78, 5) is 13.2. The minimum atomic E-state index is -0.873. The van der Waals surface area contributed by atoms with Crippen molar-refractivity contribution in [2.45, 2.75) is 31.9 Å². The van der Waals surface area contributed by atoms with Crippen molar-refractivity contribution in [2.75, 3.05) is 26.8 Å². The highest BCUT2D eigenvalue weighted by molar-refractivity contribution is 5.72. The molecule has 1 fully saturated rings. The van der Waals surface area contributed by atoms with Crippen molar-refractivity contribution >= 4 is 5.97 Å². The normalized spacial score (nSPS) is 21.0. The van der Waals surface area contributed by atoms with Crippen molar-refractivity contribution in [1.82, 2.24) is 4.90 Å². The maximum Gasteiger partial charge on any atom is 0.334 e. The number of methoxy groups -OCH3 is 1. The lowest BCUT2D eigenvalue weighted by Gasteiger charge is -2.35. The van der Waals surface area contributed by atoms with Gasteiger partial charge in [0, 0.05) is 19.1 Å². The lowest BCUT2D eigenvalue weighted by Crippen LogP contribution is -2.49. The zero-order chi connectivity index (χ0) is 15.2. The first-order chi connectivity index (χ1) is 10.1. The predicted molar refractivity (Wildman–Crippen MR) is 79.7 cm³/mol. The number of aryl methyl sites for hydroxylation is 1. The summed E-state index contributed by atoms with van der Waals surface area (Å²) >= 11 is 0. The maximum absolute atomic E-state index is 11.0. The van der Waals surface area contributed by atoms with Crippen LogP contribution >= 0.6 is 0 Å². The van der Waals surface area contributed by atoms with E-state index in [1.807, 2.05) is 12.1 Å². The van der Waals surface area contributed by atoms with Gasteiger partial charge in [-0.1, -0.05) is 12.1 Å². The van der Waals surface area contributed by atoms with Gasteiger partial charge in [0.1, 0.15) is 5.75 Å². The molecule has 0 amide bonds. The summed E-state index contributed by atoms with van der Waals surface area (Å²) in [6.07, 6.45) is 1.28. The van der Waals surface area contributed by atoms with Gasteiger partial charge in [0.15, 0.2) is 6.10 Å². The van der Waals surface area contributed by atoms with Crippen LogP contribution in [0, 0.1) is 0 Å². The monoisotopic (exact) mass is 293 g/mol. The Balaban J connectivity index is 1.83. The molecule has 2 unspecified atom stereocenters. The van der Waals surface area contributed by atoms with E-state index in [0.29, 0.717) is 19.2 Å². The van der Waals surface area contributed by atoms with Gasteiger partial charge in [-0.05, 0) is 37.5 Å². The molecule has 21 heavy (non-hydrogen) atoms. The quantitative estimate of drug-likeness (QED) is 0.866. The van der Waals surface area contributed by atoms with Gasteiger partial charge in [-0.3, -0.25) is 4.90 Å². The molecule has 0 spiro atoms. The maximum atomic E-state index is 11.0. The Morgan fingerprint density at radius 1 is 1.48 bits per heavy atom. The van der Waals surface area contributed by atoms with E-state index < -0.39 is 12.1 Å². The van der Waals surface area contributed by atoms with Crippen LogP contribution in [0.5, 0.6) is 5.75 Å². The number of hydrogen-bond donors (Lipinski definition) is 1. The molecular weight excluding hydrogens is 270 g/mol. The molecule has 5 nitrogen and oxygen atoms in total. The van der Waals surface area contributed by atoms with Crippen LogP contribution in [0.15, 0.2) is 24.3 Å². The van der Waals surface area contributed by atoms with Gasteiger partial charge in [0.25, 0.3) is 0 Å². The van der Waals surface area contributed by atoms with Gasteiger partial charge < -0.3 is 14.6 Å². The van der Waals surface area contributed by atoms with Gasteiger partial charge >= 0.3 is 5.97 Å². The third-order valence-corrected chi connectivity index (χ3v) is 4.01. The first-order valence-electron chi connectivity index (χ1n) is 7.31.